The molecule has 0 bridgehead atoms. The van der Waals surface area contributed by atoms with Gasteiger partial charge in [-0.1, -0.05) is 40.5 Å². The summed E-state index contributed by atoms with van der Waals surface area (Å²) in [6, 6.07) is 0.420. The average Bonchev–Trinajstić information content (AvgIpc) is 2.44. The first kappa shape index (κ1) is 17.7. The van der Waals surface area contributed by atoms with Crippen molar-refractivity contribution in [3.63, 3.8) is 0 Å². The molecule has 0 aliphatic carbocycles. The fraction of sp³-hybridized carbons (Fsp3) is 0.765. The number of rotatable bonds is 8. The minimum absolute atomic E-state index is 0.326. The topological polar surface area (TPSA) is 49.8 Å². The molecule has 0 saturated heterocycles. The summed E-state index contributed by atoms with van der Waals surface area (Å²) >= 11 is 0. The number of nitrogens with zero attached hydrogens (tertiary/aromatic N) is 2. The SMILES string of the molecule is CCNc1nc(C(C)C)nc(NC(C)C(CC)CC)c1C. The first-order valence-electron chi connectivity index (χ1n) is 8.33. The first-order valence-corrected chi connectivity index (χ1v) is 8.33. The van der Waals surface area contributed by atoms with Gasteiger partial charge in [0.1, 0.15) is 17.5 Å². The van der Waals surface area contributed by atoms with Crippen molar-refractivity contribution in [3.05, 3.63) is 11.4 Å². The van der Waals surface area contributed by atoms with E-state index in [4.69, 9.17) is 4.98 Å². The molecule has 1 atom stereocenters. The third-order valence-corrected chi connectivity index (χ3v) is 4.14. The molecule has 1 rings (SSSR count). The monoisotopic (exact) mass is 292 g/mol. The summed E-state index contributed by atoms with van der Waals surface area (Å²) in [6.45, 7) is 16.1. The Morgan fingerprint density at radius 2 is 1.52 bits per heavy atom. The van der Waals surface area contributed by atoms with Crippen LogP contribution in [0.3, 0.4) is 0 Å². The zero-order chi connectivity index (χ0) is 16.0. The molecule has 4 heteroatoms. The molecule has 1 aromatic heterocycles. The molecule has 1 unspecified atom stereocenters. The lowest BCUT2D eigenvalue weighted by molar-refractivity contribution is 0.436. The van der Waals surface area contributed by atoms with Crippen LogP contribution in [0.4, 0.5) is 11.6 Å². The van der Waals surface area contributed by atoms with Crippen LogP contribution in [-0.4, -0.2) is 22.6 Å². The molecule has 1 heterocycles. The highest BCUT2D eigenvalue weighted by atomic mass is 15.1. The summed E-state index contributed by atoms with van der Waals surface area (Å²) < 4.78 is 0. The standard InChI is InChI=1S/C17H32N4/c1-8-14(9-2)13(7)19-17-12(6)16(18-10-3)20-15(21-17)11(4)5/h11,13-14H,8-10H2,1-7H3,(H2,18,19,20,21). The van der Waals surface area contributed by atoms with Crippen molar-refractivity contribution >= 4 is 11.6 Å². The van der Waals surface area contributed by atoms with Crippen LogP contribution >= 0.6 is 0 Å². The molecule has 1 aromatic rings. The van der Waals surface area contributed by atoms with Gasteiger partial charge in [0.05, 0.1) is 0 Å². The zero-order valence-corrected chi connectivity index (χ0v) is 14.7. The first-order chi connectivity index (χ1) is 9.94. The molecule has 0 aromatic carbocycles. The summed E-state index contributed by atoms with van der Waals surface area (Å²) in [4.78, 5) is 9.40. The third-order valence-electron chi connectivity index (χ3n) is 4.14. The van der Waals surface area contributed by atoms with E-state index in [0.717, 1.165) is 29.6 Å². The van der Waals surface area contributed by atoms with Gasteiger partial charge in [0.25, 0.3) is 0 Å². The van der Waals surface area contributed by atoms with Gasteiger partial charge >= 0.3 is 0 Å². The lowest BCUT2D eigenvalue weighted by atomic mass is 9.95. The minimum Gasteiger partial charge on any atom is -0.370 e. The highest BCUT2D eigenvalue weighted by Gasteiger charge is 2.18. The van der Waals surface area contributed by atoms with Gasteiger partial charge in [-0.25, -0.2) is 9.97 Å². The Balaban J connectivity index is 3.09. The molecule has 0 amide bonds. The Morgan fingerprint density at radius 3 is 2.00 bits per heavy atom. The second-order valence-electron chi connectivity index (χ2n) is 6.10. The van der Waals surface area contributed by atoms with Crippen LogP contribution in [0.25, 0.3) is 0 Å². The van der Waals surface area contributed by atoms with Crippen molar-refractivity contribution < 1.29 is 0 Å². The quantitative estimate of drug-likeness (QED) is 0.736. The van der Waals surface area contributed by atoms with E-state index in [-0.39, 0.29) is 0 Å². The fourth-order valence-corrected chi connectivity index (χ4v) is 2.60. The van der Waals surface area contributed by atoms with Gasteiger partial charge in [0.15, 0.2) is 0 Å². The molecule has 0 fully saturated rings. The fourth-order valence-electron chi connectivity index (χ4n) is 2.60. The van der Waals surface area contributed by atoms with Crippen molar-refractivity contribution in [1.29, 1.82) is 0 Å². The van der Waals surface area contributed by atoms with Crippen molar-refractivity contribution in [3.8, 4) is 0 Å². The summed E-state index contributed by atoms with van der Waals surface area (Å²) in [5.41, 5.74) is 1.11. The molecular formula is C17H32N4. The summed E-state index contributed by atoms with van der Waals surface area (Å²) in [6.07, 6.45) is 2.37. The zero-order valence-electron chi connectivity index (χ0n) is 14.7. The third kappa shape index (κ3) is 4.58. The van der Waals surface area contributed by atoms with E-state index < -0.39 is 0 Å². The van der Waals surface area contributed by atoms with Gasteiger partial charge in [-0.2, -0.15) is 0 Å². The van der Waals surface area contributed by atoms with Gasteiger partial charge in [-0.3, -0.25) is 0 Å². The van der Waals surface area contributed by atoms with E-state index >= 15 is 0 Å². The summed E-state index contributed by atoms with van der Waals surface area (Å²) in [5, 5.41) is 6.97. The number of nitrogens with one attached hydrogen (secondary N) is 2. The average molecular weight is 292 g/mol. The smallest absolute Gasteiger partial charge is 0.135 e. The van der Waals surface area contributed by atoms with Gasteiger partial charge in [-0.05, 0) is 26.7 Å². The van der Waals surface area contributed by atoms with Crippen molar-refractivity contribution in [2.45, 2.75) is 73.3 Å². The number of hydrogen-bond acceptors (Lipinski definition) is 4. The van der Waals surface area contributed by atoms with Gasteiger partial charge in [0.2, 0.25) is 0 Å². The van der Waals surface area contributed by atoms with Crippen LogP contribution in [-0.2, 0) is 0 Å². The largest absolute Gasteiger partial charge is 0.370 e. The van der Waals surface area contributed by atoms with Crippen LogP contribution in [0.5, 0.6) is 0 Å². The van der Waals surface area contributed by atoms with Crippen LogP contribution in [0.15, 0.2) is 0 Å². The molecule has 0 aliphatic rings. The van der Waals surface area contributed by atoms with Crippen LogP contribution in [0.1, 0.15) is 71.7 Å². The highest BCUT2D eigenvalue weighted by molar-refractivity contribution is 5.57. The van der Waals surface area contributed by atoms with Gasteiger partial charge < -0.3 is 10.6 Å². The van der Waals surface area contributed by atoms with E-state index in [2.05, 4.69) is 64.1 Å². The maximum atomic E-state index is 4.74. The van der Waals surface area contributed by atoms with E-state index in [9.17, 15) is 0 Å². The molecule has 21 heavy (non-hydrogen) atoms. The van der Waals surface area contributed by atoms with E-state index in [1.54, 1.807) is 0 Å². The molecule has 120 valence electrons. The predicted octanol–water partition coefficient (Wildman–Crippen LogP) is 4.58. The molecule has 0 spiro atoms. The van der Waals surface area contributed by atoms with E-state index in [0.29, 0.717) is 17.9 Å². The molecule has 2 N–H and O–H groups in total. The summed E-state index contributed by atoms with van der Waals surface area (Å²) in [7, 11) is 0. The lowest BCUT2D eigenvalue weighted by Crippen LogP contribution is -2.26. The highest BCUT2D eigenvalue weighted by Crippen LogP contribution is 2.25. The Morgan fingerprint density at radius 1 is 0.952 bits per heavy atom. The second-order valence-corrected chi connectivity index (χ2v) is 6.10. The summed E-state index contributed by atoms with van der Waals surface area (Å²) in [5.74, 6) is 3.83. The maximum Gasteiger partial charge on any atom is 0.135 e. The van der Waals surface area contributed by atoms with Gasteiger partial charge in [-0.15, -0.1) is 0 Å². The Hall–Kier alpha value is -1.32. The molecule has 0 aliphatic heterocycles. The van der Waals surface area contributed by atoms with Crippen molar-refractivity contribution in [2.24, 2.45) is 5.92 Å². The normalized spacial score (nSPS) is 12.8. The Kier molecular flexibility index (Phi) is 6.93. The number of aromatic nitrogens is 2. The maximum absolute atomic E-state index is 4.74. The predicted molar refractivity (Wildman–Crippen MR) is 92.2 cm³/mol. The molecule has 0 saturated carbocycles. The van der Waals surface area contributed by atoms with Crippen molar-refractivity contribution in [1.82, 2.24) is 9.97 Å². The lowest BCUT2D eigenvalue weighted by Gasteiger charge is -2.25. The van der Waals surface area contributed by atoms with E-state index in [1.165, 1.54) is 12.8 Å². The van der Waals surface area contributed by atoms with Crippen LogP contribution in [0, 0.1) is 12.8 Å². The minimum atomic E-state index is 0.326. The second kappa shape index (κ2) is 8.20. The Bertz CT molecular complexity index is 439. The molecule has 0 radical (unpaired) electrons. The molecule has 4 nitrogen and oxygen atoms in total. The van der Waals surface area contributed by atoms with E-state index in [1.807, 2.05) is 0 Å². The van der Waals surface area contributed by atoms with Crippen molar-refractivity contribution in [2.75, 3.05) is 17.2 Å². The number of anilines is 2. The van der Waals surface area contributed by atoms with Gasteiger partial charge in [0, 0.05) is 24.1 Å². The van der Waals surface area contributed by atoms with Crippen LogP contribution < -0.4 is 10.6 Å². The Labute approximate surface area is 130 Å². The number of hydrogen-bond donors (Lipinski definition) is 2. The van der Waals surface area contributed by atoms with Crippen LogP contribution in [0.2, 0.25) is 0 Å². The molecular weight excluding hydrogens is 260 g/mol.